The second-order valence-corrected chi connectivity index (χ2v) is 8.49. The maximum absolute atomic E-state index is 14.9. The van der Waals surface area contributed by atoms with Gasteiger partial charge in [0.1, 0.15) is 23.4 Å². The number of halogens is 2. The summed E-state index contributed by atoms with van der Waals surface area (Å²) in [5.41, 5.74) is 0.742. The number of methoxy groups -OCH3 is 4. The van der Waals surface area contributed by atoms with Crippen molar-refractivity contribution in [3.63, 3.8) is 0 Å². The molecule has 0 saturated carbocycles. The first kappa shape index (κ1) is 29.3. The summed E-state index contributed by atoms with van der Waals surface area (Å²) in [4.78, 5) is 25.6. The molecule has 3 aromatic rings. The minimum atomic E-state index is -1.46. The summed E-state index contributed by atoms with van der Waals surface area (Å²) in [6.45, 7) is -0.188. The fourth-order valence-corrected chi connectivity index (χ4v) is 4.14. The number of carboxylic acid groups (broad SMARTS) is 1. The van der Waals surface area contributed by atoms with Gasteiger partial charge in [-0.05, 0) is 30.3 Å². The number of carbonyl (C=O) groups excluding carboxylic acids is 1. The number of anilines is 1. The summed E-state index contributed by atoms with van der Waals surface area (Å²) in [6.07, 6.45) is 0.0286. The van der Waals surface area contributed by atoms with Crippen LogP contribution in [0.15, 0.2) is 60.7 Å². The van der Waals surface area contributed by atoms with Gasteiger partial charge in [0.05, 0.1) is 45.7 Å². The van der Waals surface area contributed by atoms with Crippen molar-refractivity contribution in [1.82, 2.24) is 0 Å². The quantitative estimate of drug-likeness (QED) is 0.323. The molecule has 39 heavy (non-hydrogen) atoms. The molecule has 0 radical (unpaired) electrons. The Morgan fingerprint density at radius 2 is 1.67 bits per heavy atom. The molecule has 0 heterocycles. The van der Waals surface area contributed by atoms with E-state index in [1.54, 1.807) is 36.4 Å². The van der Waals surface area contributed by atoms with E-state index in [1.807, 2.05) is 0 Å². The van der Waals surface area contributed by atoms with E-state index >= 15 is 0 Å². The molecule has 0 aromatic heterocycles. The van der Waals surface area contributed by atoms with E-state index in [0.717, 1.165) is 17.0 Å². The van der Waals surface area contributed by atoms with Gasteiger partial charge in [-0.3, -0.25) is 4.79 Å². The number of ether oxygens (including phenoxy) is 4. The highest BCUT2D eigenvalue weighted by Gasteiger charge is 2.28. The number of aliphatic hydroxyl groups is 1. The molecule has 0 fully saturated rings. The lowest BCUT2D eigenvalue weighted by molar-refractivity contribution is -0.131. The van der Waals surface area contributed by atoms with E-state index in [-0.39, 0.29) is 34.1 Å². The van der Waals surface area contributed by atoms with Crippen LogP contribution in [0.3, 0.4) is 0 Å². The van der Waals surface area contributed by atoms with E-state index in [0.29, 0.717) is 28.9 Å². The molecule has 2 N–H and O–H groups in total. The number of aliphatic hydroxyl groups excluding tert-OH is 1. The maximum Gasteiger partial charge on any atom is 0.328 e. The summed E-state index contributed by atoms with van der Waals surface area (Å²) in [6, 6.07) is 11.9. The smallest absolute Gasteiger partial charge is 0.328 e. The second-order valence-electron chi connectivity index (χ2n) is 8.08. The molecule has 9 nitrogen and oxygen atoms in total. The van der Waals surface area contributed by atoms with Gasteiger partial charge in [0.25, 0.3) is 5.91 Å². The Hall–Kier alpha value is -4.28. The molecule has 0 spiro atoms. The molecule has 3 aromatic carbocycles. The van der Waals surface area contributed by atoms with Crippen LogP contribution in [0.1, 0.15) is 22.8 Å². The van der Waals surface area contributed by atoms with Crippen molar-refractivity contribution in [1.29, 1.82) is 0 Å². The van der Waals surface area contributed by atoms with Crippen LogP contribution in [0.25, 0.3) is 0 Å². The number of amides is 1. The molecule has 0 aliphatic heterocycles. The minimum Gasteiger partial charge on any atom is -0.497 e. The van der Waals surface area contributed by atoms with Crippen molar-refractivity contribution >= 4 is 29.2 Å². The number of benzene rings is 3. The van der Waals surface area contributed by atoms with E-state index in [4.69, 9.17) is 35.7 Å². The van der Waals surface area contributed by atoms with Crippen molar-refractivity contribution < 1.29 is 43.1 Å². The molecule has 1 atom stereocenters. The van der Waals surface area contributed by atoms with Gasteiger partial charge in [0.15, 0.2) is 11.5 Å². The first-order chi connectivity index (χ1) is 18.6. The fourth-order valence-electron chi connectivity index (χ4n) is 3.97. The highest BCUT2D eigenvalue weighted by molar-refractivity contribution is 6.31. The monoisotopic (exact) mass is 559 g/mol. The molecule has 3 rings (SSSR count). The largest absolute Gasteiger partial charge is 0.497 e. The lowest BCUT2D eigenvalue weighted by atomic mass is 9.97. The van der Waals surface area contributed by atoms with Gasteiger partial charge < -0.3 is 34.1 Å². The molecule has 0 bridgehead atoms. The second kappa shape index (κ2) is 13.0. The highest BCUT2D eigenvalue weighted by Crippen LogP contribution is 2.42. The molecule has 0 aliphatic rings. The zero-order valence-corrected chi connectivity index (χ0v) is 22.4. The predicted molar refractivity (Wildman–Crippen MR) is 143 cm³/mol. The van der Waals surface area contributed by atoms with Gasteiger partial charge in [-0.15, -0.1) is 0 Å². The summed E-state index contributed by atoms with van der Waals surface area (Å²) in [7, 11) is 5.75. The van der Waals surface area contributed by atoms with Crippen LogP contribution in [0, 0.1) is 5.82 Å². The molecular formula is C28H27ClFNO8. The predicted octanol–water partition coefficient (Wildman–Crippen LogP) is 4.77. The van der Waals surface area contributed by atoms with E-state index in [1.165, 1.54) is 34.5 Å². The van der Waals surface area contributed by atoms with Crippen molar-refractivity contribution in [3.8, 4) is 23.0 Å². The standard InChI is InChI=1S/C28H27ClFNO8/c1-36-17-9-8-16(24(12-17)38-3)15-31(25(32)10-11-26(33)34)22-14-21(30)20(29)13-19(22)27(35)18-6-5-7-23(37-2)28(18)39-4/h5-14,27,35H,15H2,1-4H3,(H,33,34)/b11-10+. The summed E-state index contributed by atoms with van der Waals surface area (Å²) in [5, 5.41) is 20.3. The van der Waals surface area contributed by atoms with Crippen LogP contribution >= 0.6 is 11.6 Å². The number of carboxylic acids is 1. The number of nitrogens with zero attached hydrogens (tertiary/aromatic N) is 1. The number of aliphatic carboxylic acids is 1. The molecular weight excluding hydrogens is 533 g/mol. The number of carbonyl (C=O) groups is 2. The molecule has 206 valence electrons. The first-order valence-corrected chi connectivity index (χ1v) is 11.8. The number of hydrogen-bond acceptors (Lipinski definition) is 7. The van der Waals surface area contributed by atoms with Gasteiger partial charge in [-0.25, -0.2) is 9.18 Å². The van der Waals surface area contributed by atoms with Gasteiger partial charge >= 0.3 is 5.97 Å². The van der Waals surface area contributed by atoms with E-state index < -0.39 is 23.8 Å². The Kier molecular flexibility index (Phi) is 9.75. The zero-order chi connectivity index (χ0) is 28.7. The fraction of sp³-hybridized carbons (Fsp3) is 0.214. The van der Waals surface area contributed by atoms with Gasteiger partial charge in [0, 0.05) is 34.9 Å². The Labute approximate surface area is 229 Å². The average Bonchev–Trinajstić information content (AvgIpc) is 2.94. The number of hydrogen-bond donors (Lipinski definition) is 2. The van der Waals surface area contributed by atoms with Crippen LogP contribution in [0.4, 0.5) is 10.1 Å². The number of para-hydroxylation sites is 1. The summed E-state index contributed by atoms with van der Waals surface area (Å²) in [5.74, 6) is -1.60. The molecule has 0 aliphatic carbocycles. The normalized spacial score (nSPS) is 11.7. The third-order valence-electron chi connectivity index (χ3n) is 5.84. The first-order valence-electron chi connectivity index (χ1n) is 11.5. The topological polar surface area (TPSA) is 115 Å². The Morgan fingerprint density at radius 1 is 0.949 bits per heavy atom. The van der Waals surface area contributed by atoms with Crippen molar-refractivity contribution in [3.05, 3.63) is 88.2 Å². The van der Waals surface area contributed by atoms with Crippen molar-refractivity contribution in [2.75, 3.05) is 33.3 Å². The van der Waals surface area contributed by atoms with Crippen LogP contribution in [0.2, 0.25) is 5.02 Å². The third kappa shape index (κ3) is 6.60. The van der Waals surface area contributed by atoms with Crippen LogP contribution in [0.5, 0.6) is 23.0 Å². The Balaban J connectivity index is 2.24. The van der Waals surface area contributed by atoms with Crippen LogP contribution < -0.4 is 23.8 Å². The molecule has 0 saturated heterocycles. The SMILES string of the molecule is COc1ccc(CN(C(=O)/C=C/C(=O)O)c2cc(F)c(Cl)cc2C(O)c2cccc(OC)c2OC)c(OC)c1. The van der Waals surface area contributed by atoms with Gasteiger partial charge in [0.2, 0.25) is 0 Å². The van der Waals surface area contributed by atoms with Crippen molar-refractivity contribution in [2.45, 2.75) is 12.6 Å². The van der Waals surface area contributed by atoms with Crippen molar-refractivity contribution in [2.24, 2.45) is 0 Å². The minimum absolute atomic E-state index is 0.0532. The van der Waals surface area contributed by atoms with E-state index in [9.17, 15) is 19.1 Å². The zero-order valence-electron chi connectivity index (χ0n) is 21.6. The Bertz CT molecular complexity index is 1390. The lowest BCUT2D eigenvalue weighted by Gasteiger charge is -2.28. The van der Waals surface area contributed by atoms with Gasteiger partial charge in [-0.2, -0.15) is 0 Å². The van der Waals surface area contributed by atoms with Crippen LogP contribution in [-0.2, 0) is 16.1 Å². The lowest BCUT2D eigenvalue weighted by Crippen LogP contribution is -2.31. The van der Waals surface area contributed by atoms with Crippen LogP contribution in [-0.4, -0.2) is 50.5 Å². The molecule has 11 heteroatoms. The van der Waals surface area contributed by atoms with Gasteiger partial charge in [-0.1, -0.05) is 23.7 Å². The molecule has 1 unspecified atom stereocenters. The molecule has 1 amide bonds. The maximum atomic E-state index is 14.9. The highest BCUT2D eigenvalue weighted by atomic mass is 35.5. The average molecular weight is 560 g/mol. The number of rotatable bonds is 11. The summed E-state index contributed by atoms with van der Waals surface area (Å²) < 4.78 is 36.3. The Morgan fingerprint density at radius 3 is 2.28 bits per heavy atom. The van der Waals surface area contributed by atoms with E-state index in [2.05, 4.69) is 0 Å². The third-order valence-corrected chi connectivity index (χ3v) is 6.13. The summed E-state index contributed by atoms with van der Waals surface area (Å²) >= 11 is 6.11.